The smallest absolute Gasteiger partial charge is 0.227 e. The minimum atomic E-state index is 0.589. The van der Waals surface area contributed by atoms with Crippen LogP contribution in [0.25, 0.3) is 17.0 Å². The number of benzene rings is 2. The minimum Gasteiger partial charge on any atom is -0.379 e. The van der Waals surface area contributed by atoms with Gasteiger partial charge in [-0.1, -0.05) is 43.9 Å². The van der Waals surface area contributed by atoms with Crippen LogP contribution in [0.1, 0.15) is 36.1 Å². The third-order valence-electron chi connectivity index (χ3n) is 5.73. The summed E-state index contributed by atoms with van der Waals surface area (Å²) in [5.74, 6) is 0.589. The Balaban J connectivity index is 1.89. The van der Waals surface area contributed by atoms with Gasteiger partial charge in [0.2, 0.25) is 5.95 Å². The van der Waals surface area contributed by atoms with Crippen molar-refractivity contribution in [2.45, 2.75) is 33.6 Å². The zero-order valence-corrected chi connectivity index (χ0v) is 21.2. The average Bonchev–Trinajstić information content (AvgIpc) is 2.83. The van der Waals surface area contributed by atoms with Crippen molar-refractivity contribution in [3.05, 3.63) is 89.6 Å². The van der Waals surface area contributed by atoms with Crippen LogP contribution in [0.15, 0.2) is 67.4 Å². The lowest BCUT2D eigenvalue weighted by Gasteiger charge is -2.15. The van der Waals surface area contributed by atoms with Crippen LogP contribution < -0.4 is 15.5 Å². The van der Waals surface area contributed by atoms with Gasteiger partial charge in [0, 0.05) is 23.1 Å². The Hall–Kier alpha value is -3.44. The average molecular weight is 457 g/mol. The highest BCUT2D eigenvalue weighted by atomic mass is 15.1. The predicted octanol–water partition coefficient (Wildman–Crippen LogP) is 4.58. The van der Waals surface area contributed by atoms with Crippen molar-refractivity contribution in [2.75, 3.05) is 32.5 Å². The molecular weight excluding hydrogens is 418 g/mol. The molecule has 178 valence electrons. The maximum absolute atomic E-state index is 4.87. The molecule has 1 heterocycles. The van der Waals surface area contributed by atoms with E-state index in [9.17, 15) is 0 Å². The Morgan fingerprint density at radius 2 is 1.94 bits per heavy atom. The fourth-order valence-electron chi connectivity index (χ4n) is 3.74. The standard InChI is InChI=1S/C29H37N5/c1-7-9-11-24-17-26(22(4)30-14-15-34(5)6)19-27(18-24)32-29-31-20-21(3)28(33-29)25-13-10-12-23(8-2)16-25/h7,9-10,12-13,16-20,30H,4,8,11,14-15H2,1-3,5-6H3,(H,31,32,33)/p+1/b9-7+. The number of rotatable bonds is 11. The number of hydrogen-bond donors (Lipinski definition) is 3. The number of aromatic nitrogens is 2. The van der Waals surface area contributed by atoms with E-state index < -0.39 is 0 Å². The third-order valence-corrected chi connectivity index (χ3v) is 5.73. The van der Waals surface area contributed by atoms with E-state index in [-0.39, 0.29) is 0 Å². The van der Waals surface area contributed by atoms with Gasteiger partial charge in [0.05, 0.1) is 32.9 Å². The van der Waals surface area contributed by atoms with Gasteiger partial charge in [-0.25, -0.2) is 9.97 Å². The molecule has 34 heavy (non-hydrogen) atoms. The van der Waals surface area contributed by atoms with Crippen LogP contribution in [-0.2, 0) is 12.8 Å². The molecule has 0 aliphatic rings. The minimum absolute atomic E-state index is 0.589. The van der Waals surface area contributed by atoms with Crippen molar-refractivity contribution < 1.29 is 4.90 Å². The fourth-order valence-corrected chi connectivity index (χ4v) is 3.74. The first-order valence-corrected chi connectivity index (χ1v) is 12.1. The quantitative estimate of drug-likeness (QED) is 0.370. The second-order valence-corrected chi connectivity index (χ2v) is 8.96. The number of quaternary nitrogens is 1. The molecule has 0 saturated heterocycles. The SMILES string of the molecule is C=C(NCC[NH+](C)C)c1cc(C/C=C/C)cc(Nc2ncc(C)c(-c3cccc(CC)c3)n2)c1. The van der Waals surface area contributed by atoms with Crippen molar-refractivity contribution in [1.29, 1.82) is 0 Å². The van der Waals surface area contributed by atoms with Crippen LogP contribution in [0.5, 0.6) is 0 Å². The van der Waals surface area contributed by atoms with Crippen molar-refractivity contribution in [2.24, 2.45) is 0 Å². The van der Waals surface area contributed by atoms with Crippen LogP contribution >= 0.6 is 0 Å². The first-order valence-electron chi connectivity index (χ1n) is 12.1. The van der Waals surface area contributed by atoms with E-state index in [0.717, 1.165) is 59.7 Å². The zero-order valence-electron chi connectivity index (χ0n) is 21.2. The Morgan fingerprint density at radius 1 is 1.12 bits per heavy atom. The molecule has 5 heteroatoms. The molecule has 2 aromatic carbocycles. The van der Waals surface area contributed by atoms with Gasteiger partial charge in [0.1, 0.15) is 0 Å². The third kappa shape index (κ3) is 7.03. The topological polar surface area (TPSA) is 54.3 Å². The van der Waals surface area contributed by atoms with E-state index in [1.165, 1.54) is 16.0 Å². The summed E-state index contributed by atoms with van der Waals surface area (Å²) in [5.41, 5.74) is 8.59. The van der Waals surface area contributed by atoms with Crippen LogP contribution in [0, 0.1) is 6.92 Å². The molecule has 3 N–H and O–H groups in total. The summed E-state index contributed by atoms with van der Waals surface area (Å²) in [6, 6.07) is 15.0. The molecule has 0 spiro atoms. The normalized spacial score (nSPS) is 11.2. The zero-order chi connectivity index (χ0) is 24.5. The van der Waals surface area contributed by atoms with Gasteiger partial charge in [-0.3, -0.25) is 0 Å². The summed E-state index contributed by atoms with van der Waals surface area (Å²) < 4.78 is 0. The second kappa shape index (κ2) is 12.1. The molecule has 0 unspecified atom stereocenters. The molecule has 3 rings (SSSR count). The molecule has 0 aliphatic heterocycles. The van der Waals surface area contributed by atoms with E-state index in [2.05, 4.69) is 105 Å². The Kier molecular flexibility index (Phi) is 9.00. The van der Waals surface area contributed by atoms with E-state index in [4.69, 9.17) is 4.98 Å². The predicted molar refractivity (Wildman–Crippen MR) is 145 cm³/mol. The molecule has 5 nitrogen and oxygen atoms in total. The number of hydrogen-bond acceptors (Lipinski definition) is 4. The summed E-state index contributed by atoms with van der Waals surface area (Å²) in [7, 11) is 4.30. The monoisotopic (exact) mass is 456 g/mol. The molecule has 1 aromatic heterocycles. The van der Waals surface area contributed by atoms with E-state index in [1.54, 1.807) is 0 Å². The van der Waals surface area contributed by atoms with E-state index in [0.29, 0.717) is 5.95 Å². The highest BCUT2D eigenvalue weighted by molar-refractivity contribution is 5.70. The lowest BCUT2D eigenvalue weighted by Crippen LogP contribution is -3.06. The van der Waals surface area contributed by atoms with Gasteiger partial charge in [-0.2, -0.15) is 0 Å². The van der Waals surface area contributed by atoms with E-state index in [1.807, 2.05) is 13.1 Å². The summed E-state index contributed by atoms with van der Waals surface area (Å²) in [5, 5.41) is 6.90. The van der Waals surface area contributed by atoms with Crippen molar-refractivity contribution in [3.8, 4) is 11.3 Å². The number of allylic oxidation sites excluding steroid dienone is 2. The molecule has 0 saturated carbocycles. The highest BCUT2D eigenvalue weighted by Gasteiger charge is 2.10. The Bertz CT molecular complexity index is 1150. The number of nitrogens with one attached hydrogen (secondary N) is 3. The molecule has 0 amide bonds. The van der Waals surface area contributed by atoms with Crippen molar-refractivity contribution >= 4 is 17.3 Å². The number of nitrogens with zero attached hydrogens (tertiary/aromatic N) is 2. The number of anilines is 2. The van der Waals surface area contributed by atoms with Crippen LogP contribution in [0.3, 0.4) is 0 Å². The Morgan fingerprint density at radius 3 is 2.68 bits per heavy atom. The van der Waals surface area contributed by atoms with Crippen molar-refractivity contribution in [3.63, 3.8) is 0 Å². The summed E-state index contributed by atoms with van der Waals surface area (Å²) in [4.78, 5) is 10.8. The van der Waals surface area contributed by atoms with Crippen LogP contribution in [-0.4, -0.2) is 37.2 Å². The molecule has 0 radical (unpaired) electrons. The Labute approximate surface area is 204 Å². The van der Waals surface area contributed by atoms with Crippen LogP contribution in [0.4, 0.5) is 11.6 Å². The first kappa shape index (κ1) is 25.2. The van der Waals surface area contributed by atoms with Gasteiger partial charge in [-0.15, -0.1) is 0 Å². The lowest BCUT2D eigenvalue weighted by atomic mass is 10.0. The molecular formula is C29H38N5+. The summed E-state index contributed by atoms with van der Waals surface area (Å²) >= 11 is 0. The first-order chi connectivity index (χ1) is 16.4. The van der Waals surface area contributed by atoms with Gasteiger partial charge >= 0.3 is 0 Å². The molecule has 0 aliphatic carbocycles. The maximum Gasteiger partial charge on any atom is 0.227 e. The number of aryl methyl sites for hydroxylation is 2. The van der Waals surface area contributed by atoms with Gasteiger partial charge in [0.15, 0.2) is 0 Å². The van der Waals surface area contributed by atoms with Gasteiger partial charge in [0.25, 0.3) is 0 Å². The molecule has 0 fully saturated rings. The van der Waals surface area contributed by atoms with Crippen molar-refractivity contribution in [1.82, 2.24) is 15.3 Å². The van der Waals surface area contributed by atoms with Crippen LogP contribution in [0.2, 0.25) is 0 Å². The summed E-state index contributed by atoms with van der Waals surface area (Å²) in [6.45, 7) is 12.5. The number of likely N-dealkylation sites (N-methyl/N-ethyl adjacent to an activating group) is 1. The molecule has 3 aromatic rings. The van der Waals surface area contributed by atoms with Gasteiger partial charge < -0.3 is 15.5 Å². The highest BCUT2D eigenvalue weighted by Crippen LogP contribution is 2.26. The second-order valence-electron chi connectivity index (χ2n) is 8.96. The summed E-state index contributed by atoms with van der Waals surface area (Å²) in [6.07, 6.45) is 7.98. The largest absolute Gasteiger partial charge is 0.379 e. The molecule has 0 bridgehead atoms. The maximum atomic E-state index is 4.87. The van der Waals surface area contributed by atoms with E-state index >= 15 is 0 Å². The molecule has 0 atom stereocenters. The fraction of sp³-hybridized carbons (Fsp3) is 0.310. The van der Waals surface area contributed by atoms with Gasteiger partial charge in [-0.05, 0) is 73.2 Å². The lowest BCUT2D eigenvalue weighted by molar-refractivity contribution is -0.856.